The van der Waals surface area contributed by atoms with E-state index in [1.165, 1.54) is 0 Å². The summed E-state index contributed by atoms with van der Waals surface area (Å²) in [6, 6.07) is 21.8. The number of imidazole rings is 1. The molecule has 0 aliphatic rings. The number of nitrogens with one attached hydrogen (secondary N) is 2. The maximum atomic E-state index is 12.5. The number of para-hydroxylation sites is 2. The van der Waals surface area contributed by atoms with Gasteiger partial charge in [-0.05, 0) is 61.9 Å². The molecular weight excluding hydrogens is 444 g/mol. The molecule has 2 N–H and O–H groups in total. The first-order valence-electron chi connectivity index (χ1n) is 11.4. The van der Waals surface area contributed by atoms with Crippen LogP contribution in [0.2, 0.25) is 0 Å². The number of rotatable bonds is 10. The van der Waals surface area contributed by atoms with Gasteiger partial charge in [-0.1, -0.05) is 18.2 Å². The van der Waals surface area contributed by atoms with E-state index in [2.05, 4.69) is 26.3 Å². The van der Waals surface area contributed by atoms with Crippen LogP contribution in [0, 0.1) is 6.92 Å². The Balaban J connectivity index is 1.21. The summed E-state index contributed by atoms with van der Waals surface area (Å²) in [5, 5.41) is 5.70. The van der Waals surface area contributed by atoms with E-state index in [1.807, 2.05) is 25.1 Å². The average molecular weight is 473 g/mol. The molecule has 0 spiro atoms. The van der Waals surface area contributed by atoms with Gasteiger partial charge in [0.25, 0.3) is 11.8 Å². The Morgan fingerprint density at radius 1 is 0.971 bits per heavy atom. The molecule has 180 valence electrons. The van der Waals surface area contributed by atoms with E-state index in [4.69, 9.17) is 9.47 Å². The number of fused-ring (bicyclic) bond motifs is 1. The second-order valence-corrected chi connectivity index (χ2v) is 8.00. The third-order valence-electron chi connectivity index (χ3n) is 5.53. The molecule has 0 atom stereocenters. The summed E-state index contributed by atoms with van der Waals surface area (Å²) >= 11 is 0. The Bertz CT molecular complexity index is 1310. The fraction of sp³-hybridized carbons (Fsp3) is 0.222. The molecular formula is C27H28N4O4. The lowest BCUT2D eigenvalue weighted by Crippen LogP contribution is -2.25. The van der Waals surface area contributed by atoms with Gasteiger partial charge in [0.2, 0.25) is 0 Å². The Kier molecular flexibility index (Phi) is 7.62. The number of hydrogen-bond acceptors (Lipinski definition) is 5. The predicted octanol–water partition coefficient (Wildman–Crippen LogP) is 4.19. The summed E-state index contributed by atoms with van der Waals surface area (Å²) in [5.41, 5.74) is 3.24. The molecule has 3 aromatic carbocycles. The summed E-state index contributed by atoms with van der Waals surface area (Å²) in [6.07, 6.45) is 0.788. The maximum absolute atomic E-state index is 12.5. The molecule has 4 rings (SSSR count). The molecule has 8 heteroatoms. The second-order valence-electron chi connectivity index (χ2n) is 8.00. The summed E-state index contributed by atoms with van der Waals surface area (Å²) in [6.45, 7) is 3.17. The molecule has 1 aromatic heterocycles. The second kappa shape index (κ2) is 11.2. The fourth-order valence-electron chi connectivity index (χ4n) is 3.77. The smallest absolute Gasteiger partial charge is 0.262 e. The molecule has 0 unspecified atom stereocenters. The number of carbonyl (C=O) groups is 2. The summed E-state index contributed by atoms with van der Waals surface area (Å²) in [7, 11) is 1.57. The van der Waals surface area contributed by atoms with Crippen molar-refractivity contribution in [3.05, 3.63) is 84.2 Å². The zero-order valence-electron chi connectivity index (χ0n) is 19.8. The number of benzene rings is 3. The minimum absolute atomic E-state index is 0.148. The van der Waals surface area contributed by atoms with Crippen molar-refractivity contribution in [2.45, 2.75) is 19.9 Å². The third-order valence-corrected chi connectivity index (χ3v) is 5.53. The maximum Gasteiger partial charge on any atom is 0.262 e. The van der Waals surface area contributed by atoms with Crippen molar-refractivity contribution in [1.29, 1.82) is 0 Å². The van der Waals surface area contributed by atoms with E-state index < -0.39 is 0 Å². The number of methoxy groups -OCH3 is 1. The molecule has 8 nitrogen and oxygen atoms in total. The molecule has 0 fully saturated rings. The van der Waals surface area contributed by atoms with Gasteiger partial charge in [-0.2, -0.15) is 0 Å². The highest BCUT2D eigenvalue weighted by Crippen LogP contribution is 2.18. The van der Waals surface area contributed by atoms with E-state index in [9.17, 15) is 9.59 Å². The Morgan fingerprint density at radius 3 is 2.57 bits per heavy atom. The highest BCUT2D eigenvalue weighted by molar-refractivity contribution is 5.94. The molecule has 0 aliphatic heterocycles. The number of carbonyl (C=O) groups excluding carboxylic acids is 2. The van der Waals surface area contributed by atoms with Crippen LogP contribution >= 0.6 is 0 Å². The summed E-state index contributed by atoms with van der Waals surface area (Å²) in [5.74, 6) is 1.68. The standard InChI is InChI=1S/C27H28N4O4/c1-19-29-24-9-3-4-10-25(24)31(19)16-6-15-28-27(33)20-11-13-22(14-12-20)35-18-26(32)30-21-7-5-8-23(17-21)34-2/h3-5,7-14,17H,6,15-16,18H2,1-2H3,(H,28,33)(H,30,32). The van der Waals surface area contributed by atoms with Crippen molar-refractivity contribution in [3.8, 4) is 11.5 Å². The van der Waals surface area contributed by atoms with Gasteiger partial charge in [0, 0.05) is 30.4 Å². The lowest BCUT2D eigenvalue weighted by molar-refractivity contribution is -0.118. The zero-order valence-corrected chi connectivity index (χ0v) is 19.8. The Labute approximate surface area is 203 Å². The first-order chi connectivity index (χ1) is 17.0. The van der Waals surface area contributed by atoms with Crippen molar-refractivity contribution in [1.82, 2.24) is 14.9 Å². The van der Waals surface area contributed by atoms with Crippen molar-refractivity contribution in [2.24, 2.45) is 0 Å². The van der Waals surface area contributed by atoms with Gasteiger partial charge in [0.15, 0.2) is 6.61 Å². The van der Waals surface area contributed by atoms with Gasteiger partial charge < -0.3 is 24.7 Å². The Morgan fingerprint density at radius 2 is 1.77 bits per heavy atom. The molecule has 0 saturated heterocycles. The fourth-order valence-corrected chi connectivity index (χ4v) is 3.77. The molecule has 0 aliphatic carbocycles. The van der Waals surface area contributed by atoms with Gasteiger partial charge in [-0.25, -0.2) is 4.98 Å². The lowest BCUT2D eigenvalue weighted by Gasteiger charge is -2.10. The van der Waals surface area contributed by atoms with Crippen LogP contribution in [0.4, 0.5) is 5.69 Å². The molecule has 35 heavy (non-hydrogen) atoms. The molecule has 2 amide bonds. The van der Waals surface area contributed by atoms with Crippen LogP contribution in [0.25, 0.3) is 11.0 Å². The highest BCUT2D eigenvalue weighted by Gasteiger charge is 2.09. The van der Waals surface area contributed by atoms with Gasteiger partial charge in [-0.3, -0.25) is 9.59 Å². The quantitative estimate of drug-likeness (QED) is 0.338. The SMILES string of the molecule is COc1cccc(NC(=O)COc2ccc(C(=O)NCCCn3c(C)nc4ccccc43)cc2)c1. The van der Waals surface area contributed by atoms with Crippen molar-refractivity contribution in [2.75, 3.05) is 25.6 Å². The largest absolute Gasteiger partial charge is 0.497 e. The average Bonchev–Trinajstić information content (AvgIpc) is 3.20. The number of nitrogens with zero attached hydrogens (tertiary/aromatic N) is 2. The topological polar surface area (TPSA) is 94.5 Å². The third kappa shape index (κ3) is 6.17. The van der Waals surface area contributed by atoms with E-state index >= 15 is 0 Å². The van der Waals surface area contributed by atoms with Gasteiger partial charge in [0.1, 0.15) is 17.3 Å². The summed E-state index contributed by atoms with van der Waals surface area (Å²) in [4.78, 5) is 29.2. The number of ether oxygens (including phenoxy) is 2. The Hall–Kier alpha value is -4.33. The van der Waals surface area contributed by atoms with Crippen LogP contribution in [-0.4, -0.2) is 41.6 Å². The van der Waals surface area contributed by atoms with E-state index in [1.54, 1.807) is 55.6 Å². The van der Waals surface area contributed by atoms with Crippen LogP contribution in [0.5, 0.6) is 11.5 Å². The van der Waals surface area contributed by atoms with Crippen LogP contribution < -0.4 is 20.1 Å². The van der Waals surface area contributed by atoms with Gasteiger partial charge >= 0.3 is 0 Å². The van der Waals surface area contributed by atoms with E-state index in [0.29, 0.717) is 29.3 Å². The van der Waals surface area contributed by atoms with Crippen LogP contribution in [-0.2, 0) is 11.3 Å². The van der Waals surface area contributed by atoms with Crippen LogP contribution in [0.3, 0.4) is 0 Å². The molecule has 4 aromatic rings. The van der Waals surface area contributed by atoms with Gasteiger partial charge in [0.05, 0.1) is 18.1 Å². The van der Waals surface area contributed by atoms with Crippen molar-refractivity contribution >= 4 is 28.5 Å². The molecule has 1 heterocycles. The first kappa shape index (κ1) is 23.8. The minimum atomic E-state index is -0.291. The number of aryl methyl sites for hydroxylation is 2. The number of anilines is 1. The molecule has 0 bridgehead atoms. The van der Waals surface area contributed by atoms with E-state index in [-0.39, 0.29) is 18.4 Å². The van der Waals surface area contributed by atoms with Crippen LogP contribution in [0.15, 0.2) is 72.8 Å². The minimum Gasteiger partial charge on any atom is -0.497 e. The number of hydrogen-bond donors (Lipinski definition) is 2. The monoisotopic (exact) mass is 472 g/mol. The predicted molar refractivity (Wildman–Crippen MR) is 135 cm³/mol. The highest BCUT2D eigenvalue weighted by atomic mass is 16.5. The van der Waals surface area contributed by atoms with Crippen LogP contribution in [0.1, 0.15) is 22.6 Å². The normalized spacial score (nSPS) is 10.7. The first-order valence-corrected chi connectivity index (χ1v) is 11.4. The summed E-state index contributed by atoms with van der Waals surface area (Å²) < 4.78 is 12.8. The number of amides is 2. The lowest BCUT2D eigenvalue weighted by atomic mass is 10.2. The number of aromatic nitrogens is 2. The zero-order chi connectivity index (χ0) is 24.6. The molecule has 0 saturated carbocycles. The molecule has 0 radical (unpaired) electrons. The van der Waals surface area contributed by atoms with Gasteiger partial charge in [-0.15, -0.1) is 0 Å². The van der Waals surface area contributed by atoms with E-state index in [0.717, 1.165) is 29.8 Å². The van der Waals surface area contributed by atoms with Crippen molar-refractivity contribution in [3.63, 3.8) is 0 Å². The van der Waals surface area contributed by atoms with Crippen molar-refractivity contribution < 1.29 is 19.1 Å².